The van der Waals surface area contributed by atoms with Gasteiger partial charge >= 0.3 is 5.97 Å². The van der Waals surface area contributed by atoms with E-state index in [9.17, 15) is 4.79 Å². The maximum Gasteiger partial charge on any atom is 0.325 e. The molecule has 0 saturated heterocycles. The molecule has 0 saturated carbocycles. The molecule has 0 amide bonds. The predicted octanol–water partition coefficient (Wildman–Crippen LogP) is 2.13. The van der Waals surface area contributed by atoms with Crippen LogP contribution in [0, 0.1) is 0 Å². The van der Waals surface area contributed by atoms with Gasteiger partial charge < -0.3 is 15.2 Å². The highest BCUT2D eigenvalue weighted by molar-refractivity contribution is 5.79. The van der Waals surface area contributed by atoms with Gasteiger partial charge in [0, 0.05) is 0 Å². The van der Waals surface area contributed by atoms with Crippen molar-refractivity contribution in [2.75, 3.05) is 13.2 Å². The average molecular weight is 251 g/mol. The summed E-state index contributed by atoms with van der Waals surface area (Å²) < 4.78 is 10.5. The van der Waals surface area contributed by atoms with E-state index in [4.69, 9.17) is 15.2 Å². The third-order valence-electron chi connectivity index (χ3n) is 2.59. The Morgan fingerprint density at radius 3 is 2.61 bits per heavy atom. The first kappa shape index (κ1) is 14.5. The van der Waals surface area contributed by atoms with E-state index in [0.29, 0.717) is 26.1 Å². The number of hydrogen-bond donors (Lipinski definition) is 1. The van der Waals surface area contributed by atoms with Crippen molar-refractivity contribution in [1.82, 2.24) is 0 Å². The minimum atomic E-state index is -0.934. The molecule has 0 aliphatic carbocycles. The molecule has 4 heteroatoms. The second kappa shape index (κ2) is 7.01. The summed E-state index contributed by atoms with van der Waals surface area (Å²) in [4.78, 5) is 11.5. The minimum absolute atomic E-state index is 0.353. The smallest absolute Gasteiger partial charge is 0.325 e. The highest BCUT2D eigenvalue weighted by Crippen LogP contribution is 2.13. The number of carbonyl (C=O) groups is 1. The minimum Gasteiger partial charge on any atom is -0.494 e. The van der Waals surface area contributed by atoms with Gasteiger partial charge in [-0.3, -0.25) is 4.79 Å². The van der Waals surface area contributed by atoms with Crippen molar-refractivity contribution in [3.05, 3.63) is 30.3 Å². The fourth-order valence-corrected chi connectivity index (χ4v) is 1.54. The second-order valence-corrected chi connectivity index (χ2v) is 4.40. The average Bonchev–Trinajstić information content (AvgIpc) is 2.36. The third kappa shape index (κ3) is 4.75. The van der Waals surface area contributed by atoms with Crippen LogP contribution in [-0.4, -0.2) is 24.7 Å². The van der Waals surface area contributed by atoms with E-state index in [0.717, 1.165) is 5.75 Å². The fraction of sp³-hybridized carbons (Fsp3) is 0.500. The van der Waals surface area contributed by atoms with Crippen LogP contribution in [0.25, 0.3) is 0 Å². The largest absolute Gasteiger partial charge is 0.494 e. The van der Waals surface area contributed by atoms with E-state index in [1.54, 1.807) is 13.8 Å². The van der Waals surface area contributed by atoms with Crippen LogP contribution in [0.3, 0.4) is 0 Å². The Kier molecular flexibility index (Phi) is 5.65. The number of esters is 1. The van der Waals surface area contributed by atoms with E-state index < -0.39 is 5.54 Å². The maximum atomic E-state index is 11.5. The molecule has 1 aromatic rings. The maximum absolute atomic E-state index is 11.5. The molecule has 4 nitrogen and oxygen atoms in total. The van der Waals surface area contributed by atoms with Gasteiger partial charge in [-0.15, -0.1) is 0 Å². The van der Waals surface area contributed by atoms with E-state index in [1.165, 1.54) is 0 Å². The zero-order chi connectivity index (χ0) is 13.4. The van der Waals surface area contributed by atoms with Gasteiger partial charge in [0.1, 0.15) is 11.3 Å². The van der Waals surface area contributed by atoms with Gasteiger partial charge in [-0.05, 0) is 38.8 Å². The molecule has 100 valence electrons. The van der Waals surface area contributed by atoms with Gasteiger partial charge in [0.25, 0.3) is 0 Å². The molecule has 0 aliphatic rings. The van der Waals surface area contributed by atoms with Crippen LogP contribution >= 0.6 is 0 Å². The molecule has 18 heavy (non-hydrogen) atoms. The lowest BCUT2D eigenvalue weighted by Crippen LogP contribution is -2.46. The van der Waals surface area contributed by atoms with Gasteiger partial charge in [-0.25, -0.2) is 0 Å². The van der Waals surface area contributed by atoms with E-state index in [2.05, 4.69) is 0 Å². The molecule has 0 aliphatic heterocycles. The number of benzene rings is 1. The lowest BCUT2D eigenvalue weighted by atomic mass is 9.98. The molecule has 1 aromatic carbocycles. The summed E-state index contributed by atoms with van der Waals surface area (Å²) in [5.74, 6) is 0.470. The number of ether oxygens (including phenoxy) is 2. The summed E-state index contributed by atoms with van der Waals surface area (Å²) in [6, 6.07) is 9.56. The Balaban J connectivity index is 2.27. The van der Waals surface area contributed by atoms with Crippen LogP contribution in [0.5, 0.6) is 5.75 Å². The van der Waals surface area contributed by atoms with Crippen molar-refractivity contribution in [1.29, 1.82) is 0 Å². The molecular formula is C14H21NO3. The molecule has 1 unspecified atom stereocenters. The Bertz CT molecular complexity index is 363. The van der Waals surface area contributed by atoms with Crippen molar-refractivity contribution in [2.24, 2.45) is 5.73 Å². The summed E-state index contributed by atoms with van der Waals surface area (Å²) in [6.07, 6.45) is 1.25. The molecule has 0 fully saturated rings. The lowest BCUT2D eigenvalue weighted by molar-refractivity contribution is -0.149. The highest BCUT2D eigenvalue weighted by Gasteiger charge is 2.29. The van der Waals surface area contributed by atoms with Gasteiger partial charge in [0.15, 0.2) is 0 Å². The standard InChI is InChI=1S/C14H21NO3/c1-3-17-13(16)14(2,15)10-7-11-18-12-8-5-4-6-9-12/h4-6,8-9H,3,7,10-11,15H2,1-2H3. The number of rotatable bonds is 7. The summed E-state index contributed by atoms with van der Waals surface area (Å²) >= 11 is 0. The molecule has 0 bridgehead atoms. The number of para-hydroxylation sites is 1. The second-order valence-electron chi connectivity index (χ2n) is 4.40. The zero-order valence-electron chi connectivity index (χ0n) is 11.0. The molecule has 1 rings (SSSR count). The molecular weight excluding hydrogens is 230 g/mol. The Morgan fingerprint density at radius 2 is 2.00 bits per heavy atom. The topological polar surface area (TPSA) is 61.5 Å². The molecule has 0 spiro atoms. The summed E-state index contributed by atoms with van der Waals surface area (Å²) in [7, 11) is 0. The third-order valence-corrected chi connectivity index (χ3v) is 2.59. The molecule has 0 heterocycles. The van der Waals surface area contributed by atoms with Gasteiger partial charge in [-0.1, -0.05) is 18.2 Å². The molecule has 2 N–H and O–H groups in total. The predicted molar refractivity (Wildman–Crippen MR) is 70.4 cm³/mol. The van der Waals surface area contributed by atoms with E-state index >= 15 is 0 Å². The van der Waals surface area contributed by atoms with Crippen LogP contribution in [0.4, 0.5) is 0 Å². The normalized spacial score (nSPS) is 13.7. The first-order chi connectivity index (χ1) is 8.56. The molecule has 0 radical (unpaired) electrons. The first-order valence-corrected chi connectivity index (χ1v) is 6.20. The van der Waals surface area contributed by atoms with Crippen LogP contribution < -0.4 is 10.5 Å². The van der Waals surface area contributed by atoms with Crippen LogP contribution in [0.15, 0.2) is 30.3 Å². The van der Waals surface area contributed by atoms with Gasteiger partial charge in [0.2, 0.25) is 0 Å². The fourth-order valence-electron chi connectivity index (χ4n) is 1.54. The molecule has 0 aromatic heterocycles. The molecule has 1 atom stereocenters. The van der Waals surface area contributed by atoms with Crippen LogP contribution in [0.1, 0.15) is 26.7 Å². The number of nitrogens with two attached hydrogens (primary N) is 1. The first-order valence-electron chi connectivity index (χ1n) is 6.20. The highest BCUT2D eigenvalue weighted by atomic mass is 16.5. The zero-order valence-corrected chi connectivity index (χ0v) is 11.0. The summed E-state index contributed by atoms with van der Waals surface area (Å²) in [6.45, 7) is 4.35. The van der Waals surface area contributed by atoms with Crippen molar-refractivity contribution < 1.29 is 14.3 Å². The van der Waals surface area contributed by atoms with Crippen molar-refractivity contribution in [2.45, 2.75) is 32.2 Å². The Hall–Kier alpha value is -1.55. The van der Waals surface area contributed by atoms with Crippen LogP contribution in [-0.2, 0) is 9.53 Å². The Morgan fingerprint density at radius 1 is 1.33 bits per heavy atom. The van der Waals surface area contributed by atoms with E-state index in [1.807, 2.05) is 30.3 Å². The van der Waals surface area contributed by atoms with Crippen molar-refractivity contribution in [3.63, 3.8) is 0 Å². The van der Waals surface area contributed by atoms with E-state index in [-0.39, 0.29) is 5.97 Å². The summed E-state index contributed by atoms with van der Waals surface area (Å²) in [5, 5.41) is 0. The summed E-state index contributed by atoms with van der Waals surface area (Å²) in [5.41, 5.74) is 4.96. The van der Waals surface area contributed by atoms with Crippen molar-refractivity contribution in [3.8, 4) is 5.75 Å². The quantitative estimate of drug-likeness (QED) is 0.595. The van der Waals surface area contributed by atoms with Gasteiger partial charge in [-0.2, -0.15) is 0 Å². The number of carbonyl (C=O) groups excluding carboxylic acids is 1. The monoisotopic (exact) mass is 251 g/mol. The Labute approximate surface area is 108 Å². The lowest BCUT2D eigenvalue weighted by Gasteiger charge is -2.21. The van der Waals surface area contributed by atoms with Crippen molar-refractivity contribution >= 4 is 5.97 Å². The van der Waals surface area contributed by atoms with Crippen LogP contribution in [0.2, 0.25) is 0 Å². The van der Waals surface area contributed by atoms with Gasteiger partial charge in [0.05, 0.1) is 13.2 Å². The number of hydrogen-bond acceptors (Lipinski definition) is 4. The SMILES string of the molecule is CCOC(=O)C(C)(N)CCCOc1ccccc1.